The number of hydrogen-bond donors (Lipinski definition) is 0. The van der Waals surface area contributed by atoms with E-state index in [4.69, 9.17) is 0 Å². The van der Waals surface area contributed by atoms with E-state index in [1.54, 1.807) is 0 Å². The van der Waals surface area contributed by atoms with Crippen LogP contribution in [0.1, 0.15) is 149 Å². The quantitative estimate of drug-likeness (QED) is 0.0431. The number of unbranched alkanes of at least 4 members (excludes halogenated alkanes) is 10. The van der Waals surface area contributed by atoms with Gasteiger partial charge in [-0.05, 0) is 272 Å². The first-order valence-electron chi connectivity index (χ1n) is 39.7. The minimum Gasteiger partial charge on any atom is -0.310 e. The average molecular weight is 1380 g/mol. The van der Waals surface area contributed by atoms with Gasteiger partial charge in [-0.2, -0.15) is 0 Å². The number of benzene rings is 14. The molecule has 0 aliphatic rings. The molecule has 106 heavy (non-hydrogen) atoms. The Kier molecular flexibility index (Phi) is 23.1. The molecule has 0 aliphatic carbocycles. The molecule has 0 aromatic heterocycles. The van der Waals surface area contributed by atoms with Crippen molar-refractivity contribution in [2.24, 2.45) is 0 Å². The fourth-order valence-corrected chi connectivity index (χ4v) is 16.3. The maximum Gasteiger partial charge on any atom is 0.0464 e. The standard InChI is InChI=1S/C104H104N2/c1-9-13-15-17-19-21-27-77-37-45-85(46-38-77)95-67-65-93(71-79(95)11-3)105(89-57-49-83(50-58-89)81-41-33-73(5)34-42-81)91-61-53-87(54-62-91)101-69-75(7)103(99-31-25-23-29-97(99)101)104-76(8)70-102(98-30-24-26-32-100(98)104)88-55-63-92(64-56-88)106(90-59-51-84(52-60-90)82-43-35-74(6)36-44-82)94-66-68-96(80(12-4)72-94)86-47-39-78(40-48-86)28-22-20-18-16-14-10-2/h23-26,29-72H,9-22,27-28H2,1-8H3. The van der Waals surface area contributed by atoms with Crippen LogP contribution in [0.25, 0.3) is 99.4 Å². The largest absolute Gasteiger partial charge is 0.310 e. The van der Waals surface area contributed by atoms with Crippen LogP contribution in [-0.4, -0.2) is 0 Å². The Morgan fingerprint density at radius 2 is 0.500 bits per heavy atom. The van der Waals surface area contributed by atoms with Crippen LogP contribution in [0, 0.1) is 27.7 Å². The molecule has 0 atom stereocenters. The molecule has 0 N–H and O–H groups in total. The number of fused-ring (bicyclic) bond motifs is 2. The van der Waals surface area contributed by atoms with Gasteiger partial charge in [0, 0.05) is 34.1 Å². The maximum absolute atomic E-state index is 2.44. The van der Waals surface area contributed by atoms with Crippen molar-refractivity contribution in [1.29, 1.82) is 0 Å². The second kappa shape index (κ2) is 34.0. The van der Waals surface area contributed by atoms with E-state index in [-0.39, 0.29) is 0 Å². The van der Waals surface area contributed by atoms with Crippen LogP contribution in [0.5, 0.6) is 0 Å². The normalized spacial score (nSPS) is 11.4. The zero-order chi connectivity index (χ0) is 72.9. The molecule has 14 aromatic carbocycles. The van der Waals surface area contributed by atoms with Crippen LogP contribution < -0.4 is 9.80 Å². The summed E-state index contributed by atoms with van der Waals surface area (Å²) in [5.41, 5.74) is 34.8. The van der Waals surface area contributed by atoms with Crippen LogP contribution in [0.15, 0.2) is 291 Å². The van der Waals surface area contributed by atoms with Gasteiger partial charge in [0.2, 0.25) is 0 Å². The molecule has 0 fully saturated rings. The van der Waals surface area contributed by atoms with Gasteiger partial charge in [-0.25, -0.2) is 0 Å². The monoisotopic (exact) mass is 1380 g/mol. The van der Waals surface area contributed by atoms with Gasteiger partial charge in [0.1, 0.15) is 0 Å². The first-order valence-corrected chi connectivity index (χ1v) is 39.7. The van der Waals surface area contributed by atoms with E-state index in [9.17, 15) is 0 Å². The summed E-state index contributed by atoms with van der Waals surface area (Å²) in [6.45, 7) is 18.1. The van der Waals surface area contributed by atoms with Crippen molar-refractivity contribution in [2.75, 3.05) is 9.80 Å². The van der Waals surface area contributed by atoms with Gasteiger partial charge in [-0.3, -0.25) is 0 Å². The highest BCUT2D eigenvalue weighted by Crippen LogP contribution is 2.48. The van der Waals surface area contributed by atoms with Gasteiger partial charge < -0.3 is 9.80 Å². The lowest BCUT2D eigenvalue weighted by Gasteiger charge is -2.27. The Morgan fingerprint density at radius 1 is 0.226 bits per heavy atom. The minimum atomic E-state index is 0.926. The van der Waals surface area contributed by atoms with Crippen molar-refractivity contribution in [3.8, 4) is 77.9 Å². The summed E-state index contributed by atoms with van der Waals surface area (Å²) in [4.78, 5) is 4.88. The highest BCUT2D eigenvalue weighted by Gasteiger charge is 2.23. The molecule has 0 amide bonds. The zero-order valence-corrected chi connectivity index (χ0v) is 63.9. The first-order chi connectivity index (χ1) is 52.0. The zero-order valence-electron chi connectivity index (χ0n) is 63.9. The Balaban J connectivity index is 0.772. The molecule has 14 rings (SSSR count). The molecule has 2 heteroatoms. The van der Waals surface area contributed by atoms with Gasteiger partial charge >= 0.3 is 0 Å². The molecule has 0 spiro atoms. The van der Waals surface area contributed by atoms with Crippen LogP contribution in [0.2, 0.25) is 0 Å². The van der Waals surface area contributed by atoms with Crippen molar-refractivity contribution >= 4 is 55.7 Å². The average Bonchev–Trinajstić information content (AvgIpc) is 0.739. The summed E-state index contributed by atoms with van der Waals surface area (Å²) in [6, 6.07) is 111. The van der Waals surface area contributed by atoms with Crippen molar-refractivity contribution in [1.82, 2.24) is 0 Å². The van der Waals surface area contributed by atoms with Gasteiger partial charge in [-0.15, -0.1) is 0 Å². The van der Waals surface area contributed by atoms with Gasteiger partial charge in [-0.1, -0.05) is 321 Å². The molecule has 0 saturated carbocycles. The summed E-state index contributed by atoms with van der Waals surface area (Å²) in [6.07, 6.45) is 20.0. The molecule has 0 heterocycles. The smallest absolute Gasteiger partial charge is 0.0464 e. The lowest BCUT2D eigenvalue weighted by molar-refractivity contribution is 0.607. The Labute approximate surface area is 633 Å². The van der Waals surface area contributed by atoms with E-state index >= 15 is 0 Å². The summed E-state index contributed by atoms with van der Waals surface area (Å²) >= 11 is 0. The predicted octanol–water partition coefficient (Wildman–Crippen LogP) is 30.8. The number of nitrogens with zero attached hydrogens (tertiary/aromatic N) is 2. The highest BCUT2D eigenvalue weighted by atomic mass is 15.1. The summed E-state index contributed by atoms with van der Waals surface area (Å²) < 4.78 is 0. The number of hydrogen-bond acceptors (Lipinski definition) is 2. The van der Waals surface area contributed by atoms with Gasteiger partial charge in [0.15, 0.2) is 0 Å². The van der Waals surface area contributed by atoms with E-state index < -0.39 is 0 Å². The maximum atomic E-state index is 2.44. The number of rotatable bonds is 29. The van der Waals surface area contributed by atoms with Crippen molar-refractivity contribution in [2.45, 2.75) is 158 Å². The third kappa shape index (κ3) is 16.2. The van der Waals surface area contributed by atoms with E-state index in [0.717, 1.165) is 59.8 Å². The summed E-state index contributed by atoms with van der Waals surface area (Å²) in [5, 5.41) is 4.99. The predicted molar refractivity (Wildman–Crippen MR) is 461 cm³/mol. The van der Waals surface area contributed by atoms with Crippen LogP contribution in [0.4, 0.5) is 34.1 Å². The third-order valence-corrected chi connectivity index (χ3v) is 22.3. The first kappa shape index (κ1) is 72.2. The molecular formula is C104H104N2. The molecular weight excluding hydrogens is 1280 g/mol. The fraction of sp³-hybridized carbons (Fsp3) is 0.231. The SMILES string of the molecule is CCCCCCCCc1ccc(-c2ccc(N(c3ccc(-c4ccc(C)cc4)cc3)c3ccc(-c4cc(C)c(-c5c(C)cc(-c6ccc(N(c7ccc(-c8ccc(C)cc8)cc7)c7ccc(-c8ccc(CCCCCCCC)cc8)c(CC)c7)cc6)c6ccccc56)c5ccccc45)cc3)cc2CC)cc1. The Morgan fingerprint density at radius 3 is 0.830 bits per heavy atom. The van der Waals surface area contributed by atoms with Crippen LogP contribution in [-0.2, 0) is 25.7 Å². The molecule has 14 aromatic rings. The minimum absolute atomic E-state index is 0.926. The second-order valence-electron chi connectivity index (χ2n) is 29.7. The lowest BCUT2D eigenvalue weighted by Crippen LogP contribution is -2.10. The van der Waals surface area contributed by atoms with E-state index in [1.807, 2.05) is 0 Å². The number of anilines is 6. The molecule has 0 radical (unpaired) electrons. The van der Waals surface area contributed by atoms with Crippen LogP contribution in [0.3, 0.4) is 0 Å². The number of aryl methyl sites for hydroxylation is 8. The third-order valence-electron chi connectivity index (χ3n) is 22.3. The van der Waals surface area contributed by atoms with Crippen LogP contribution >= 0.6 is 0 Å². The second-order valence-corrected chi connectivity index (χ2v) is 29.7. The molecule has 530 valence electrons. The van der Waals surface area contributed by atoms with Crippen molar-refractivity contribution in [3.05, 3.63) is 336 Å². The molecule has 0 aliphatic heterocycles. The Hall–Kier alpha value is -10.8. The fourth-order valence-electron chi connectivity index (χ4n) is 16.3. The van der Waals surface area contributed by atoms with E-state index in [2.05, 4.69) is 356 Å². The van der Waals surface area contributed by atoms with Crippen molar-refractivity contribution in [3.63, 3.8) is 0 Å². The van der Waals surface area contributed by atoms with E-state index in [0.29, 0.717) is 0 Å². The molecule has 0 bridgehead atoms. The van der Waals surface area contributed by atoms with Gasteiger partial charge in [0.25, 0.3) is 0 Å². The molecule has 0 saturated heterocycles. The topological polar surface area (TPSA) is 6.48 Å². The molecule has 0 unspecified atom stereocenters. The van der Waals surface area contributed by atoms with E-state index in [1.165, 1.54) is 221 Å². The lowest BCUT2D eigenvalue weighted by atomic mass is 9.83. The highest BCUT2D eigenvalue weighted by molar-refractivity contribution is 6.14. The van der Waals surface area contributed by atoms with Gasteiger partial charge in [0.05, 0.1) is 0 Å². The summed E-state index contributed by atoms with van der Waals surface area (Å²) in [7, 11) is 0. The molecule has 2 nitrogen and oxygen atoms in total. The van der Waals surface area contributed by atoms with Crippen molar-refractivity contribution < 1.29 is 0 Å². The summed E-state index contributed by atoms with van der Waals surface area (Å²) in [5.74, 6) is 0. The Bertz CT molecular complexity index is 4920.